The highest BCUT2D eigenvalue weighted by Crippen LogP contribution is 2.35. The number of ketones is 1. The predicted octanol–water partition coefficient (Wildman–Crippen LogP) is 4.41. The average Bonchev–Trinajstić information content (AvgIpc) is 2.87. The Balaban J connectivity index is 1.78. The van der Waals surface area contributed by atoms with E-state index in [1.165, 1.54) is 45.6 Å². The van der Waals surface area contributed by atoms with Crippen LogP contribution in [-0.4, -0.2) is 45.6 Å². The van der Waals surface area contributed by atoms with Gasteiger partial charge in [-0.05, 0) is 31.0 Å². The van der Waals surface area contributed by atoms with Gasteiger partial charge in [0.05, 0.1) is 32.6 Å². The Hall–Kier alpha value is -3.62. The van der Waals surface area contributed by atoms with Gasteiger partial charge in [0.1, 0.15) is 0 Å². The third-order valence-corrected chi connectivity index (χ3v) is 5.79. The summed E-state index contributed by atoms with van der Waals surface area (Å²) in [5, 5.41) is 2.80. The molecule has 1 aliphatic rings. The van der Waals surface area contributed by atoms with Crippen molar-refractivity contribution in [3.8, 4) is 17.2 Å². The third-order valence-electron chi connectivity index (χ3n) is 5.79. The van der Waals surface area contributed by atoms with E-state index in [4.69, 9.17) is 18.9 Å². The Bertz CT molecular complexity index is 1060. The molecule has 3 rings (SSSR count). The molecule has 0 aromatic heterocycles. The van der Waals surface area contributed by atoms with Gasteiger partial charge in [-0.15, -0.1) is 0 Å². The van der Waals surface area contributed by atoms with Gasteiger partial charge in [0, 0.05) is 23.6 Å². The normalized spacial score (nSPS) is 13.6. The summed E-state index contributed by atoms with van der Waals surface area (Å²) in [5.74, 6) is -1.89. The van der Waals surface area contributed by atoms with Gasteiger partial charge in [0.15, 0.2) is 35.5 Å². The largest absolute Gasteiger partial charge is 0.494 e. The van der Waals surface area contributed by atoms with E-state index in [1.54, 1.807) is 0 Å². The Morgan fingerprint density at radius 1 is 0.912 bits per heavy atom. The van der Waals surface area contributed by atoms with Crippen molar-refractivity contribution in [1.82, 2.24) is 0 Å². The van der Waals surface area contributed by atoms with Crippen molar-refractivity contribution in [1.29, 1.82) is 0 Å². The molecule has 0 saturated heterocycles. The number of benzene rings is 2. The molecular weight excluding hydrogens is 445 g/mol. The first-order valence-corrected chi connectivity index (χ1v) is 11.0. The molecule has 34 heavy (non-hydrogen) atoms. The van der Waals surface area contributed by atoms with Crippen LogP contribution in [0.25, 0.3) is 0 Å². The van der Waals surface area contributed by atoms with Gasteiger partial charge in [-0.1, -0.05) is 19.3 Å². The quantitative estimate of drug-likeness (QED) is 0.425. The molecule has 1 saturated carbocycles. The minimum atomic E-state index is -0.845. The van der Waals surface area contributed by atoms with Crippen molar-refractivity contribution in [3.63, 3.8) is 0 Å². The number of hydrogen-bond donors (Lipinski definition) is 1. The number of esters is 1. The Morgan fingerprint density at radius 2 is 1.56 bits per heavy atom. The zero-order valence-electron chi connectivity index (χ0n) is 19.4. The minimum absolute atomic E-state index is 0.00257. The maximum atomic E-state index is 13.9. The molecule has 1 N–H and O–H groups in total. The topological polar surface area (TPSA) is 100 Å². The zero-order valence-corrected chi connectivity index (χ0v) is 19.4. The molecule has 1 fully saturated rings. The van der Waals surface area contributed by atoms with Crippen LogP contribution in [0, 0.1) is 11.7 Å². The Kier molecular flexibility index (Phi) is 8.45. The minimum Gasteiger partial charge on any atom is -0.494 e. The number of amides is 1. The summed E-state index contributed by atoms with van der Waals surface area (Å²) < 4.78 is 34.5. The lowest BCUT2D eigenvalue weighted by Crippen LogP contribution is -2.26. The van der Waals surface area contributed by atoms with Crippen LogP contribution in [-0.2, 0) is 9.53 Å². The van der Waals surface area contributed by atoms with E-state index in [-0.39, 0.29) is 40.1 Å². The van der Waals surface area contributed by atoms with E-state index in [0.29, 0.717) is 5.75 Å². The number of methoxy groups -OCH3 is 3. The summed E-state index contributed by atoms with van der Waals surface area (Å²) in [6.45, 7) is -0.616. The van der Waals surface area contributed by atoms with E-state index >= 15 is 0 Å². The summed E-state index contributed by atoms with van der Waals surface area (Å²) >= 11 is 0. The second kappa shape index (κ2) is 11.5. The lowest BCUT2D eigenvalue weighted by atomic mass is 9.88. The van der Waals surface area contributed by atoms with E-state index in [0.717, 1.165) is 38.2 Å². The number of carbonyl (C=O) groups is 3. The third kappa shape index (κ3) is 5.84. The molecule has 8 nitrogen and oxygen atoms in total. The first-order valence-electron chi connectivity index (χ1n) is 11.0. The van der Waals surface area contributed by atoms with Crippen LogP contribution in [0.5, 0.6) is 17.2 Å². The van der Waals surface area contributed by atoms with Gasteiger partial charge in [-0.3, -0.25) is 9.59 Å². The number of ether oxygens (including phenoxy) is 4. The molecule has 0 atom stereocenters. The molecule has 182 valence electrons. The number of hydrogen-bond acceptors (Lipinski definition) is 7. The van der Waals surface area contributed by atoms with Crippen LogP contribution in [0.15, 0.2) is 30.3 Å². The van der Waals surface area contributed by atoms with Crippen LogP contribution < -0.4 is 19.5 Å². The van der Waals surface area contributed by atoms with Gasteiger partial charge >= 0.3 is 5.97 Å². The molecule has 0 unspecified atom stereocenters. The lowest BCUT2D eigenvalue weighted by molar-refractivity contribution is -0.120. The predicted molar refractivity (Wildman–Crippen MR) is 122 cm³/mol. The maximum absolute atomic E-state index is 13.9. The fraction of sp³-hybridized carbons (Fsp3) is 0.400. The summed E-state index contributed by atoms with van der Waals surface area (Å²) in [4.78, 5) is 38.1. The fourth-order valence-corrected chi connectivity index (χ4v) is 3.88. The first kappa shape index (κ1) is 25.0. The maximum Gasteiger partial charge on any atom is 0.340 e. The standard InChI is InChI=1S/C25H28FNO7/c1-31-21-10-9-16(11-18(21)26)20(28)14-34-25(30)17-12-22(32-2)23(33-3)13-19(17)27-24(29)15-7-5-4-6-8-15/h9-13,15H,4-8,14H2,1-3H3,(H,27,29). The summed E-state index contributed by atoms with van der Waals surface area (Å²) in [6.07, 6.45) is 4.63. The molecule has 0 spiro atoms. The first-order chi connectivity index (χ1) is 16.4. The number of Topliss-reactive ketones (excluding diaryl/α,β-unsaturated/α-hetero) is 1. The molecular formula is C25H28FNO7. The van der Waals surface area contributed by atoms with E-state index in [1.807, 2.05) is 0 Å². The van der Waals surface area contributed by atoms with Crippen molar-refractivity contribution in [2.24, 2.45) is 5.92 Å². The fourth-order valence-electron chi connectivity index (χ4n) is 3.88. The molecule has 0 heterocycles. The van der Waals surface area contributed by atoms with E-state index in [2.05, 4.69) is 5.32 Å². The van der Waals surface area contributed by atoms with Crippen LogP contribution in [0.4, 0.5) is 10.1 Å². The molecule has 0 bridgehead atoms. The number of halogens is 1. The second-order valence-electron chi connectivity index (χ2n) is 7.93. The molecule has 1 amide bonds. The Labute approximate surface area is 197 Å². The van der Waals surface area contributed by atoms with Crippen LogP contribution in [0.1, 0.15) is 52.8 Å². The van der Waals surface area contributed by atoms with Gasteiger partial charge in [-0.2, -0.15) is 0 Å². The molecule has 1 aliphatic carbocycles. The van der Waals surface area contributed by atoms with Gasteiger partial charge in [0.2, 0.25) is 5.91 Å². The smallest absolute Gasteiger partial charge is 0.340 e. The lowest BCUT2D eigenvalue weighted by Gasteiger charge is -2.22. The summed E-state index contributed by atoms with van der Waals surface area (Å²) in [7, 11) is 4.17. The molecule has 9 heteroatoms. The van der Waals surface area contributed by atoms with Crippen LogP contribution in [0.3, 0.4) is 0 Å². The molecule has 0 aliphatic heterocycles. The van der Waals surface area contributed by atoms with Gasteiger partial charge in [-0.25, -0.2) is 9.18 Å². The van der Waals surface area contributed by atoms with Crippen molar-refractivity contribution in [2.45, 2.75) is 32.1 Å². The average molecular weight is 473 g/mol. The number of rotatable bonds is 9. The van der Waals surface area contributed by atoms with E-state index in [9.17, 15) is 18.8 Å². The second-order valence-corrected chi connectivity index (χ2v) is 7.93. The summed E-state index contributed by atoms with van der Waals surface area (Å²) in [5.41, 5.74) is 0.237. The van der Waals surface area contributed by atoms with E-state index < -0.39 is 24.2 Å². The molecule has 2 aromatic rings. The van der Waals surface area contributed by atoms with Crippen molar-refractivity contribution in [3.05, 3.63) is 47.3 Å². The van der Waals surface area contributed by atoms with Crippen molar-refractivity contribution < 1.29 is 37.7 Å². The highest BCUT2D eigenvalue weighted by Gasteiger charge is 2.25. The molecule has 2 aromatic carbocycles. The summed E-state index contributed by atoms with van der Waals surface area (Å²) in [6, 6.07) is 6.58. The number of anilines is 1. The van der Waals surface area contributed by atoms with Crippen LogP contribution >= 0.6 is 0 Å². The van der Waals surface area contributed by atoms with Crippen molar-refractivity contribution in [2.75, 3.05) is 33.3 Å². The highest BCUT2D eigenvalue weighted by molar-refractivity contribution is 6.04. The van der Waals surface area contributed by atoms with Gasteiger partial charge in [0.25, 0.3) is 0 Å². The van der Waals surface area contributed by atoms with Gasteiger partial charge < -0.3 is 24.3 Å². The van der Waals surface area contributed by atoms with Crippen LogP contribution in [0.2, 0.25) is 0 Å². The van der Waals surface area contributed by atoms with Crippen molar-refractivity contribution >= 4 is 23.3 Å². The molecule has 0 radical (unpaired) electrons. The number of nitrogens with one attached hydrogen (secondary N) is 1. The highest BCUT2D eigenvalue weighted by atomic mass is 19.1. The SMILES string of the molecule is COc1ccc(C(=O)COC(=O)c2cc(OC)c(OC)cc2NC(=O)C2CCCCC2)cc1F. The zero-order chi connectivity index (χ0) is 24.7. The monoisotopic (exact) mass is 473 g/mol. The number of carbonyl (C=O) groups excluding carboxylic acids is 3. The Morgan fingerprint density at radius 3 is 2.18 bits per heavy atom.